The van der Waals surface area contributed by atoms with Crippen molar-refractivity contribution in [1.82, 2.24) is 4.98 Å². The molecule has 1 heterocycles. The molecule has 0 spiro atoms. The van der Waals surface area contributed by atoms with E-state index in [1.807, 2.05) is 0 Å². The SMILES string of the molecule is COc1cccc(-c2cc(C(=O)O)c(O)cn2)c1. The lowest BCUT2D eigenvalue weighted by molar-refractivity contribution is 0.0693. The van der Waals surface area contributed by atoms with Gasteiger partial charge in [0.1, 0.15) is 17.1 Å². The van der Waals surface area contributed by atoms with E-state index >= 15 is 0 Å². The molecule has 0 bridgehead atoms. The van der Waals surface area contributed by atoms with Gasteiger partial charge in [0, 0.05) is 5.56 Å². The number of rotatable bonds is 3. The number of carboxylic acids is 1. The zero-order chi connectivity index (χ0) is 13.1. The van der Waals surface area contributed by atoms with Gasteiger partial charge in [-0.1, -0.05) is 12.1 Å². The fourth-order valence-corrected chi connectivity index (χ4v) is 1.56. The highest BCUT2D eigenvalue weighted by molar-refractivity contribution is 5.91. The maximum absolute atomic E-state index is 10.9. The van der Waals surface area contributed by atoms with Crippen molar-refractivity contribution in [3.63, 3.8) is 0 Å². The second-order valence-electron chi connectivity index (χ2n) is 3.62. The fourth-order valence-electron chi connectivity index (χ4n) is 1.56. The van der Waals surface area contributed by atoms with E-state index in [2.05, 4.69) is 4.98 Å². The molecule has 5 nitrogen and oxygen atoms in total. The Morgan fingerprint density at radius 3 is 2.78 bits per heavy atom. The van der Waals surface area contributed by atoms with Gasteiger partial charge in [-0.2, -0.15) is 0 Å². The third kappa shape index (κ3) is 2.24. The summed E-state index contributed by atoms with van der Waals surface area (Å²) in [6.07, 6.45) is 1.12. The lowest BCUT2D eigenvalue weighted by Gasteiger charge is -2.06. The molecule has 0 aliphatic rings. The lowest BCUT2D eigenvalue weighted by atomic mass is 10.1. The van der Waals surface area contributed by atoms with Crippen molar-refractivity contribution in [3.8, 4) is 22.8 Å². The van der Waals surface area contributed by atoms with Crippen LogP contribution in [0, 0.1) is 0 Å². The number of pyridine rings is 1. The number of nitrogens with zero attached hydrogens (tertiary/aromatic N) is 1. The van der Waals surface area contributed by atoms with Gasteiger partial charge < -0.3 is 14.9 Å². The van der Waals surface area contributed by atoms with Gasteiger partial charge in [0.05, 0.1) is 19.0 Å². The fraction of sp³-hybridized carbons (Fsp3) is 0.0769. The van der Waals surface area contributed by atoms with Crippen molar-refractivity contribution in [3.05, 3.63) is 42.1 Å². The van der Waals surface area contributed by atoms with Crippen molar-refractivity contribution >= 4 is 5.97 Å². The first-order valence-corrected chi connectivity index (χ1v) is 5.18. The van der Waals surface area contributed by atoms with Gasteiger partial charge in [-0.15, -0.1) is 0 Å². The molecule has 0 atom stereocenters. The molecule has 2 aromatic rings. The molecule has 2 rings (SSSR count). The van der Waals surface area contributed by atoms with Crippen LogP contribution in [0.15, 0.2) is 36.5 Å². The van der Waals surface area contributed by atoms with Crippen LogP contribution in [-0.4, -0.2) is 28.3 Å². The summed E-state index contributed by atoms with van der Waals surface area (Å²) < 4.78 is 5.08. The van der Waals surface area contributed by atoms with Crippen molar-refractivity contribution in [2.24, 2.45) is 0 Å². The van der Waals surface area contributed by atoms with Crippen LogP contribution in [0.5, 0.6) is 11.5 Å². The van der Waals surface area contributed by atoms with Gasteiger partial charge in [0.25, 0.3) is 0 Å². The van der Waals surface area contributed by atoms with Gasteiger partial charge in [-0.05, 0) is 18.2 Å². The Balaban J connectivity index is 2.50. The first kappa shape index (κ1) is 11.9. The summed E-state index contributed by atoms with van der Waals surface area (Å²) in [7, 11) is 1.55. The van der Waals surface area contributed by atoms with E-state index in [4.69, 9.17) is 9.84 Å². The molecule has 5 heteroatoms. The minimum Gasteiger partial charge on any atom is -0.505 e. The van der Waals surface area contributed by atoms with Crippen LogP contribution in [0.2, 0.25) is 0 Å². The summed E-state index contributed by atoms with van der Waals surface area (Å²) in [4.78, 5) is 14.9. The summed E-state index contributed by atoms with van der Waals surface area (Å²) in [6, 6.07) is 8.41. The third-order valence-corrected chi connectivity index (χ3v) is 2.48. The monoisotopic (exact) mass is 245 g/mol. The van der Waals surface area contributed by atoms with Crippen LogP contribution >= 0.6 is 0 Å². The maximum Gasteiger partial charge on any atom is 0.339 e. The number of hydrogen-bond donors (Lipinski definition) is 2. The second kappa shape index (κ2) is 4.75. The number of aromatic carboxylic acids is 1. The van der Waals surface area contributed by atoms with Crippen LogP contribution in [0.3, 0.4) is 0 Å². The number of ether oxygens (including phenoxy) is 1. The van der Waals surface area contributed by atoms with Gasteiger partial charge in [-0.3, -0.25) is 4.98 Å². The Hall–Kier alpha value is -2.56. The second-order valence-corrected chi connectivity index (χ2v) is 3.62. The summed E-state index contributed by atoms with van der Waals surface area (Å²) >= 11 is 0. The largest absolute Gasteiger partial charge is 0.505 e. The van der Waals surface area contributed by atoms with E-state index in [0.717, 1.165) is 11.8 Å². The highest BCUT2D eigenvalue weighted by Crippen LogP contribution is 2.25. The predicted molar refractivity (Wildman–Crippen MR) is 64.8 cm³/mol. The van der Waals surface area contributed by atoms with Crippen molar-refractivity contribution in [2.75, 3.05) is 7.11 Å². The first-order valence-electron chi connectivity index (χ1n) is 5.18. The molecule has 2 N–H and O–H groups in total. The predicted octanol–water partition coefficient (Wildman–Crippen LogP) is 2.16. The number of hydrogen-bond acceptors (Lipinski definition) is 4. The van der Waals surface area contributed by atoms with Crippen LogP contribution in [-0.2, 0) is 0 Å². The number of benzene rings is 1. The normalized spacial score (nSPS) is 10.1. The van der Waals surface area contributed by atoms with E-state index in [9.17, 15) is 9.90 Å². The summed E-state index contributed by atoms with van der Waals surface area (Å²) in [5, 5.41) is 18.3. The van der Waals surface area contributed by atoms with Crippen LogP contribution in [0.1, 0.15) is 10.4 Å². The molecule has 0 unspecified atom stereocenters. The molecule has 0 aliphatic heterocycles. The molecule has 18 heavy (non-hydrogen) atoms. The van der Waals surface area contributed by atoms with Gasteiger partial charge in [0.15, 0.2) is 0 Å². The van der Waals surface area contributed by atoms with Crippen molar-refractivity contribution in [1.29, 1.82) is 0 Å². The number of aromatic nitrogens is 1. The van der Waals surface area contributed by atoms with Crippen LogP contribution in [0.25, 0.3) is 11.3 Å². The smallest absolute Gasteiger partial charge is 0.339 e. The average molecular weight is 245 g/mol. The summed E-state index contributed by atoms with van der Waals surface area (Å²) in [6.45, 7) is 0. The number of carboxylic acid groups (broad SMARTS) is 1. The molecule has 0 fully saturated rings. The van der Waals surface area contributed by atoms with Crippen LogP contribution < -0.4 is 4.74 Å². The Bertz CT molecular complexity index is 595. The zero-order valence-electron chi connectivity index (χ0n) is 9.62. The molecular formula is C13H11NO4. The Morgan fingerprint density at radius 2 is 2.11 bits per heavy atom. The Kier molecular flexibility index (Phi) is 3.14. The van der Waals surface area contributed by atoms with E-state index in [1.54, 1.807) is 31.4 Å². The quantitative estimate of drug-likeness (QED) is 0.866. The molecule has 1 aromatic heterocycles. The zero-order valence-corrected chi connectivity index (χ0v) is 9.62. The van der Waals surface area contributed by atoms with Crippen molar-refractivity contribution < 1.29 is 19.7 Å². The maximum atomic E-state index is 10.9. The van der Waals surface area contributed by atoms with Crippen molar-refractivity contribution in [2.45, 2.75) is 0 Å². The third-order valence-electron chi connectivity index (χ3n) is 2.48. The Morgan fingerprint density at radius 1 is 1.33 bits per heavy atom. The molecule has 0 aliphatic carbocycles. The molecule has 0 saturated carbocycles. The van der Waals surface area contributed by atoms with Gasteiger partial charge >= 0.3 is 5.97 Å². The summed E-state index contributed by atoms with van der Waals surface area (Å²) in [5.41, 5.74) is 1.00. The molecule has 0 saturated heterocycles. The summed E-state index contributed by atoms with van der Waals surface area (Å²) in [5.74, 6) is -0.896. The Labute approximate surface area is 103 Å². The van der Waals surface area contributed by atoms with E-state index < -0.39 is 5.97 Å². The van der Waals surface area contributed by atoms with E-state index in [1.165, 1.54) is 6.07 Å². The molecule has 0 amide bonds. The highest BCUT2D eigenvalue weighted by atomic mass is 16.5. The number of carbonyl (C=O) groups is 1. The average Bonchev–Trinajstić information content (AvgIpc) is 2.39. The molecule has 0 radical (unpaired) electrons. The minimum atomic E-state index is -1.20. The molecular weight excluding hydrogens is 234 g/mol. The van der Waals surface area contributed by atoms with Gasteiger partial charge in [0.2, 0.25) is 0 Å². The standard InChI is InChI=1S/C13H11NO4/c1-18-9-4-2-3-8(5-9)11-6-10(13(16)17)12(15)7-14-11/h2-7,15H,1H3,(H,16,17). The number of methoxy groups -OCH3 is 1. The minimum absolute atomic E-state index is 0.178. The lowest BCUT2D eigenvalue weighted by Crippen LogP contribution is -1.98. The van der Waals surface area contributed by atoms with E-state index in [0.29, 0.717) is 11.4 Å². The number of aromatic hydroxyl groups is 1. The van der Waals surface area contributed by atoms with Crippen LogP contribution in [0.4, 0.5) is 0 Å². The molecule has 92 valence electrons. The first-order chi connectivity index (χ1) is 8.61. The van der Waals surface area contributed by atoms with Gasteiger partial charge in [-0.25, -0.2) is 4.79 Å². The molecule has 1 aromatic carbocycles. The topological polar surface area (TPSA) is 79.7 Å². The highest BCUT2D eigenvalue weighted by Gasteiger charge is 2.12. The van der Waals surface area contributed by atoms with E-state index in [-0.39, 0.29) is 11.3 Å².